The number of hydrogen-bond acceptors (Lipinski definition) is 3. The molecule has 0 saturated carbocycles. The topological polar surface area (TPSA) is 46.2 Å². The van der Waals surface area contributed by atoms with Crippen molar-refractivity contribution in [1.82, 2.24) is 0 Å². The molecule has 1 aromatic heterocycles. The van der Waals surface area contributed by atoms with Crippen molar-refractivity contribution in [3.8, 4) is 0 Å². The minimum absolute atomic E-state index is 0.0728. The molecule has 0 unspecified atom stereocenters. The van der Waals surface area contributed by atoms with Gasteiger partial charge in [0.25, 0.3) is 10.0 Å². The third-order valence-electron chi connectivity index (χ3n) is 1.99. The van der Waals surface area contributed by atoms with Crippen LogP contribution in [0.2, 0.25) is 4.34 Å². The van der Waals surface area contributed by atoms with E-state index >= 15 is 0 Å². The maximum atomic E-state index is 13.1. The number of nitrogens with one attached hydrogen (secondary N) is 1. The molecule has 96 valence electrons. The molecule has 2 aromatic rings. The van der Waals surface area contributed by atoms with Gasteiger partial charge in [-0.25, -0.2) is 12.8 Å². The standard InChI is InChI=1S/C10H6BrClFNO2S2/c11-7-2-1-6(13)5-8(7)14-18(15,16)10-4-3-9(12)17-10/h1-5,14H. The summed E-state index contributed by atoms with van der Waals surface area (Å²) in [5.41, 5.74) is 0.138. The molecule has 0 bridgehead atoms. The van der Waals surface area contributed by atoms with E-state index in [1.807, 2.05) is 0 Å². The quantitative estimate of drug-likeness (QED) is 0.884. The Kier molecular flexibility index (Phi) is 3.96. The van der Waals surface area contributed by atoms with Crippen molar-refractivity contribution in [3.05, 3.63) is 45.0 Å². The van der Waals surface area contributed by atoms with Gasteiger partial charge in [-0.3, -0.25) is 4.72 Å². The van der Waals surface area contributed by atoms with Gasteiger partial charge in [-0.05, 0) is 46.3 Å². The Morgan fingerprint density at radius 3 is 2.61 bits per heavy atom. The number of benzene rings is 1. The molecular weight excluding hydrogens is 365 g/mol. The minimum Gasteiger partial charge on any atom is -0.278 e. The molecule has 1 aromatic carbocycles. The molecule has 0 amide bonds. The van der Waals surface area contributed by atoms with Gasteiger partial charge in [-0.1, -0.05) is 11.6 Å². The highest BCUT2D eigenvalue weighted by molar-refractivity contribution is 9.10. The predicted octanol–water partition coefficient (Wildman–Crippen LogP) is 4.10. The largest absolute Gasteiger partial charge is 0.278 e. The third kappa shape index (κ3) is 3.03. The van der Waals surface area contributed by atoms with Gasteiger partial charge >= 0.3 is 0 Å². The van der Waals surface area contributed by atoms with Gasteiger partial charge in [-0.15, -0.1) is 11.3 Å². The lowest BCUT2D eigenvalue weighted by atomic mass is 10.3. The average molecular weight is 371 g/mol. The Morgan fingerprint density at radius 1 is 1.28 bits per heavy atom. The zero-order valence-corrected chi connectivity index (χ0v) is 12.6. The van der Waals surface area contributed by atoms with Crippen molar-refractivity contribution >= 4 is 54.6 Å². The first-order valence-electron chi connectivity index (χ1n) is 4.62. The van der Waals surface area contributed by atoms with Crippen molar-refractivity contribution in [1.29, 1.82) is 0 Å². The summed E-state index contributed by atoms with van der Waals surface area (Å²) in [4.78, 5) is 0. The van der Waals surface area contributed by atoms with E-state index in [0.29, 0.717) is 8.81 Å². The van der Waals surface area contributed by atoms with Crippen molar-refractivity contribution in [3.63, 3.8) is 0 Å². The van der Waals surface area contributed by atoms with E-state index in [1.54, 1.807) is 0 Å². The van der Waals surface area contributed by atoms with Crippen LogP contribution < -0.4 is 4.72 Å². The normalized spacial score (nSPS) is 11.5. The Balaban J connectivity index is 2.36. The Hall–Kier alpha value is -0.630. The van der Waals surface area contributed by atoms with Gasteiger partial charge in [-0.2, -0.15) is 0 Å². The van der Waals surface area contributed by atoms with Crippen LogP contribution in [0.1, 0.15) is 0 Å². The molecule has 0 spiro atoms. The molecule has 8 heteroatoms. The summed E-state index contributed by atoms with van der Waals surface area (Å²) in [5, 5.41) is 0. The Morgan fingerprint density at radius 2 is 2.00 bits per heavy atom. The number of thiophene rings is 1. The van der Waals surface area contributed by atoms with Crippen LogP contribution in [0.5, 0.6) is 0 Å². The molecule has 1 heterocycles. The summed E-state index contributed by atoms with van der Waals surface area (Å²) in [6.07, 6.45) is 0. The van der Waals surface area contributed by atoms with Crippen LogP contribution in [-0.2, 0) is 10.0 Å². The van der Waals surface area contributed by atoms with Crippen LogP contribution in [0.25, 0.3) is 0 Å². The first-order valence-corrected chi connectivity index (χ1v) is 8.09. The second kappa shape index (κ2) is 5.16. The average Bonchev–Trinajstić information content (AvgIpc) is 2.71. The van der Waals surface area contributed by atoms with Crippen molar-refractivity contribution < 1.29 is 12.8 Å². The van der Waals surface area contributed by atoms with E-state index in [9.17, 15) is 12.8 Å². The molecule has 0 radical (unpaired) electrons. The van der Waals surface area contributed by atoms with E-state index in [1.165, 1.54) is 24.3 Å². The molecule has 3 nitrogen and oxygen atoms in total. The van der Waals surface area contributed by atoms with Crippen molar-refractivity contribution in [2.75, 3.05) is 4.72 Å². The lowest BCUT2D eigenvalue weighted by Crippen LogP contribution is -2.12. The maximum Gasteiger partial charge on any atom is 0.271 e. The smallest absolute Gasteiger partial charge is 0.271 e. The molecule has 1 N–H and O–H groups in total. The van der Waals surface area contributed by atoms with Crippen LogP contribution in [0.4, 0.5) is 10.1 Å². The number of sulfonamides is 1. The fourth-order valence-corrected chi connectivity index (χ4v) is 4.24. The molecular formula is C10H6BrClFNO2S2. The van der Waals surface area contributed by atoms with Gasteiger partial charge in [0, 0.05) is 4.47 Å². The monoisotopic (exact) mass is 369 g/mol. The van der Waals surface area contributed by atoms with E-state index in [4.69, 9.17) is 11.6 Å². The van der Waals surface area contributed by atoms with E-state index < -0.39 is 15.8 Å². The summed E-state index contributed by atoms with van der Waals surface area (Å²) in [6.45, 7) is 0. The second-order valence-electron chi connectivity index (χ2n) is 3.29. The molecule has 0 atom stereocenters. The predicted molar refractivity (Wildman–Crippen MR) is 74.2 cm³/mol. The lowest BCUT2D eigenvalue weighted by molar-refractivity contribution is 0.603. The third-order valence-corrected chi connectivity index (χ3v) is 5.77. The van der Waals surface area contributed by atoms with Gasteiger partial charge < -0.3 is 0 Å². The van der Waals surface area contributed by atoms with Crippen LogP contribution in [0.3, 0.4) is 0 Å². The first-order chi connectivity index (χ1) is 8.38. The van der Waals surface area contributed by atoms with Crippen LogP contribution in [0.15, 0.2) is 39.0 Å². The molecule has 2 rings (SSSR count). The second-order valence-corrected chi connectivity index (χ2v) is 7.77. The molecule has 0 aliphatic heterocycles. The Labute approximate surface area is 121 Å². The van der Waals surface area contributed by atoms with E-state index in [-0.39, 0.29) is 9.90 Å². The summed E-state index contributed by atoms with van der Waals surface area (Å²) in [6, 6.07) is 6.62. The van der Waals surface area contributed by atoms with E-state index in [0.717, 1.165) is 17.4 Å². The van der Waals surface area contributed by atoms with Crippen LogP contribution in [-0.4, -0.2) is 8.42 Å². The molecule has 0 fully saturated rings. The van der Waals surface area contributed by atoms with Crippen molar-refractivity contribution in [2.24, 2.45) is 0 Å². The Bertz CT molecular complexity index is 687. The number of halogens is 3. The minimum atomic E-state index is -3.74. The molecule has 18 heavy (non-hydrogen) atoms. The molecule has 0 aliphatic rings. The number of anilines is 1. The lowest BCUT2D eigenvalue weighted by Gasteiger charge is -2.08. The van der Waals surface area contributed by atoms with Crippen LogP contribution >= 0.6 is 38.9 Å². The first kappa shape index (κ1) is 13.8. The summed E-state index contributed by atoms with van der Waals surface area (Å²) in [7, 11) is -3.74. The highest BCUT2D eigenvalue weighted by Crippen LogP contribution is 2.30. The van der Waals surface area contributed by atoms with Gasteiger partial charge in [0.05, 0.1) is 10.0 Å². The number of hydrogen-bond donors (Lipinski definition) is 1. The zero-order valence-electron chi connectivity index (χ0n) is 8.65. The fourth-order valence-electron chi connectivity index (χ4n) is 1.21. The maximum absolute atomic E-state index is 13.1. The zero-order chi connectivity index (χ0) is 13.3. The number of rotatable bonds is 3. The van der Waals surface area contributed by atoms with Gasteiger partial charge in [0.15, 0.2) is 0 Å². The van der Waals surface area contributed by atoms with E-state index in [2.05, 4.69) is 20.7 Å². The van der Waals surface area contributed by atoms with Gasteiger partial charge in [0.2, 0.25) is 0 Å². The summed E-state index contributed by atoms with van der Waals surface area (Å²) in [5.74, 6) is -0.528. The summed E-state index contributed by atoms with van der Waals surface area (Å²) >= 11 is 9.76. The fraction of sp³-hybridized carbons (Fsp3) is 0. The molecule has 0 saturated heterocycles. The summed E-state index contributed by atoms with van der Waals surface area (Å²) < 4.78 is 40.2. The SMILES string of the molecule is O=S(=O)(Nc1cc(F)ccc1Br)c1ccc(Cl)s1. The highest BCUT2D eigenvalue weighted by Gasteiger charge is 2.18. The van der Waals surface area contributed by atoms with Gasteiger partial charge in [0.1, 0.15) is 10.0 Å². The molecule has 0 aliphatic carbocycles. The van der Waals surface area contributed by atoms with Crippen molar-refractivity contribution in [2.45, 2.75) is 4.21 Å². The van der Waals surface area contributed by atoms with Crippen LogP contribution in [0, 0.1) is 5.82 Å². The highest BCUT2D eigenvalue weighted by atomic mass is 79.9.